The highest BCUT2D eigenvalue weighted by Gasteiger charge is 2.41. The minimum absolute atomic E-state index is 0.134. The fourth-order valence-corrected chi connectivity index (χ4v) is 3.83. The molecule has 0 bridgehead atoms. The number of aromatic nitrogens is 2. The third-order valence-corrected chi connectivity index (χ3v) is 5.34. The smallest absolute Gasteiger partial charge is 0.252 e. The Morgan fingerprint density at radius 2 is 2.04 bits per heavy atom. The maximum Gasteiger partial charge on any atom is 0.252 e. The summed E-state index contributed by atoms with van der Waals surface area (Å²) >= 11 is 0. The van der Waals surface area contributed by atoms with Crippen LogP contribution in [0.3, 0.4) is 0 Å². The second kappa shape index (κ2) is 7.68. The molecule has 1 N–H and O–H groups in total. The lowest BCUT2D eigenvalue weighted by atomic mass is 9.96. The molecule has 1 saturated carbocycles. The van der Waals surface area contributed by atoms with Crippen LogP contribution in [-0.2, 0) is 10.3 Å². The molecule has 144 valence electrons. The zero-order valence-electron chi connectivity index (χ0n) is 15.6. The number of carbonyl (C=O) groups is 1. The van der Waals surface area contributed by atoms with Crippen LogP contribution in [0.1, 0.15) is 60.6 Å². The highest BCUT2D eigenvalue weighted by atomic mass is 16.5. The summed E-state index contributed by atoms with van der Waals surface area (Å²) in [5, 5.41) is 7.21. The largest absolute Gasteiger partial charge is 0.491 e. The first-order valence-corrected chi connectivity index (χ1v) is 9.62. The number of carbonyl (C=O) groups excluding carboxylic acids is 1. The maximum absolute atomic E-state index is 12.8. The van der Waals surface area contributed by atoms with E-state index in [1.165, 1.54) is 0 Å². The summed E-state index contributed by atoms with van der Waals surface area (Å²) in [6.07, 6.45) is 6.01. The van der Waals surface area contributed by atoms with Crippen LogP contribution in [-0.4, -0.2) is 35.4 Å². The standard InChI is InChI=1S/C20H25N3O4/c1-14-21-19(23-27-14)20(10-2-3-11-20)22-18(24)15-6-8-16(9-7-15)26-13-17-5-4-12-25-17/h6-9,17H,2-5,10-13H2,1H3,(H,22,24). The molecule has 2 fully saturated rings. The van der Waals surface area contributed by atoms with Crippen LogP contribution in [0.4, 0.5) is 0 Å². The molecule has 1 aliphatic heterocycles. The van der Waals surface area contributed by atoms with Crippen LogP contribution >= 0.6 is 0 Å². The van der Waals surface area contributed by atoms with Crippen molar-refractivity contribution in [2.45, 2.75) is 57.1 Å². The lowest BCUT2D eigenvalue weighted by molar-refractivity contribution is 0.0679. The van der Waals surface area contributed by atoms with Gasteiger partial charge in [0.2, 0.25) is 5.89 Å². The Kier molecular flexibility index (Phi) is 5.11. The molecule has 27 heavy (non-hydrogen) atoms. The molecule has 1 saturated heterocycles. The van der Waals surface area contributed by atoms with Crippen molar-refractivity contribution < 1.29 is 18.8 Å². The third kappa shape index (κ3) is 3.98. The quantitative estimate of drug-likeness (QED) is 0.839. The SMILES string of the molecule is Cc1nc(C2(NC(=O)c3ccc(OCC4CCCO4)cc3)CCCC2)no1. The number of hydrogen-bond donors (Lipinski definition) is 1. The Hall–Kier alpha value is -2.41. The van der Waals surface area contributed by atoms with E-state index in [4.69, 9.17) is 14.0 Å². The number of nitrogens with zero attached hydrogens (tertiary/aromatic N) is 2. The van der Waals surface area contributed by atoms with Gasteiger partial charge in [-0.25, -0.2) is 0 Å². The molecule has 0 radical (unpaired) electrons. The summed E-state index contributed by atoms with van der Waals surface area (Å²) in [4.78, 5) is 17.2. The van der Waals surface area contributed by atoms with Crippen molar-refractivity contribution in [2.24, 2.45) is 0 Å². The molecule has 2 aliphatic rings. The fourth-order valence-electron chi connectivity index (χ4n) is 3.83. The van der Waals surface area contributed by atoms with Gasteiger partial charge in [0.15, 0.2) is 5.82 Å². The number of aryl methyl sites for hydroxylation is 1. The highest BCUT2D eigenvalue weighted by Crippen LogP contribution is 2.37. The highest BCUT2D eigenvalue weighted by molar-refractivity contribution is 5.94. The molecule has 7 nitrogen and oxygen atoms in total. The zero-order valence-corrected chi connectivity index (χ0v) is 15.6. The molecular weight excluding hydrogens is 346 g/mol. The molecule has 1 aliphatic carbocycles. The van der Waals surface area contributed by atoms with Gasteiger partial charge in [0.25, 0.3) is 5.91 Å². The number of benzene rings is 1. The van der Waals surface area contributed by atoms with E-state index in [1.807, 2.05) is 12.1 Å². The average molecular weight is 371 g/mol. The van der Waals surface area contributed by atoms with Gasteiger partial charge < -0.3 is 19.3 Å². The average Bonchev–Trinajstić information content (AvgIpc) is 3.43. The van der Waals surface area contributed by atoms with Crippen molar-refractivity contribution in [1.29, 1.82) is 0 Å². The van der Waals surface area contributed by atoms with E-state index in [2.05, 4.69) is 15.5 Å². The predicted octanol–water partition coefficient (Wildman–Crippen LogP) is 3.14. The van der Waals surface area contributed by atoms with Gasteiger partial charge in [-0.2, -0.15) is 4.98 Å². The van der Waals surface area contributed by atoms with Crippen molar-refractivity contribution >= 4 is 5.91 Å². The summed E-state index contributed by atoms with van der Waals surface area (Å²) in [6, 6.07) is 7.21. The van der Waals surface area contributed by atoms with Gasteiger partial charge >= 0.3 is 0 Å². The van der Waals surface area contributed by atoms with E-state index in [0.29, 0.717) is 23.9 Å². The van der Waals surface area contributed by atoms with Gasteiger partial charge in [-0.15, -0.1) is 0 Å². The van der Waals surface area contributed by atoms with Crippen LogP contribution in [0.5, 0.6) is 5.75 Å². The molecule has 2 aromatic rings. The molecule has 1 atom stereocenters. The fraction of sp³-hybridized carbons (Fsp3) is 0.550. The summed E-state index contributed by atoms with van der Waals surface area (Å²) in [7, 11) is 0. The van der Waals surface area contributed by atoms with Crippen LogP contribution in [0.15, 0.2) is 28.8 Å². The second-order valence-electron chi connectivity index (χ2n) is 7.35. The lowest BCUT2D eigenvalue weighted by Gasteiger charge is -2.26. The number of ether oxygens (including phenoxy) is 2. The minimum Gasteiger partial charge on any atom is -0.491 e. The van der Waals surface area contributed by atoms with Crippen molar-refractivity contribution in [3.8, 4) is 5.75 Å². The van der Waals surface area contributed by atoms with Crippen molar-refractivity contribution in [3.05, 3.63) is 41.5 Å². The van der Waals surface area contributed by atoms with E-state index in [9.17, 15) is 4.79 Å². The molecule has 2 heterocycles. The van der Waals surface area contributed by atoms with Crippen molar-refractivity contribution in [1.82, 2.24) is 15.5 Å². The molecule has 1 aromatic carbocycles. The minimum atomic E-state index is -0.538. The molecule has 1 amide bonds. The van der Waals surface area contributed by atoms with E-state index in [1.54, 1.807) is 19.1 Å². The van der Waals surface area contributed by atoms with Crippen LogP contribution in [0.2, 0.25) is 0 Å². The Bertz CT molecular complexity index is 775. The molecule has 0 spiro atoms. The van der Waals surface area contributed by atoms with E-state index in [0.717, 1.165) is 50.9 Å². The van der Waals surface area contributed by atoms with Gasteiger partial charge in [-0.3, -0.25) is 4.79 Å². The second-order valence-corrected chi connectivity index (χ2v) is 7.35. The third-order valence-electron chi connectivity index (χ3n) is 5.34. The van der Waals surface area contributed by atoms with E-state index < -0.39 is 5.54 Å². The molecule has 1 unspecified atom stereocenters. The Balaban J connectivity index is 1.41. The molecule has 4 rings (SSSR count). The molecule has 1 aromatic heterocycles. The Morgan fingerprint density at radius 3 is 2.67 bits per heavy atom. The monoisotopic (exact) mass is 371 g/mol. The first-order chi connectivity index (χ1) is 13.1. The summed E-state index contributed by atoms with van der Waals surface area (Å²) < 4.78 is 16.5. The number of rotatable bonds is 6. The van der Waals surface area contributed by atoms with Crippen LogP contribution in [0, 0.1) is 6.92 Å². The van der Waals surface area contributed by atoms with Gasteiger partial charge in [0.1, 0.15) is 17.9 Å². The number of hydrogen-bond acceptors (Lipinski definition) is 6. The summed E-state index contributed by atoms with van der Waals surface area (Å²) in [5.41, 5.74) is 0.0510. The maximum atomic E-state index is 12.8. The molecule has 7 heteroatoms. The first-order valence-electron chi connectivity index (χ1n) is 9.62. The summed E-state index contributed by atoms with van der Waals surface area (Å²) in [5.74, 6) is 1.69. The molecular formula is C20H25N3O4. The van der Waals surface area contributed by atoms with Gasteiger partial charge in [0, 0.05) is 19.1 Å². The topological polar surface area (TPSA) is 86.5 Å². The predicted molar refractivity (Wildman–Crippen MR) is 97.6 cm³/mol. The lowest BCUT2D eigenvalue weighted by Crippen LogP contribution is -2.44. The van der Waals surface area contributed by atoms with Gasteiger partial charge in [-0.1, -0.05) is 18.0 Å². The van der Waals surface area contributed by atoms with Crippen LogP contribution in [0.25, 0.3) is 0 Å². The number of amides is 1. The van der Waals surface area contributed by atoms with Crippen molar-refractivity contribution in [2.75, 3.05) is 13.2 Å². The number of nitrogens with one attached hydrogen (secondary N) is 1. The van der Waals surface area contributed by atoms with E-state index in [-0.39, 0.29) is 12.0 Å². The van der Waals surface area contributed by atoms with Gasteiger partial charge in [0.05, 0.1) is 6.10 Å². The first kappa shape index (κ1) is 18.0. The van der Waals surface area contributed by atoms with Gasteiger partial charge in [-0.05, 0) is 49.9 Å². The van der Waals surface area contributed by atoms with Crippen LogP contribution < -0.4 is 10.1 Å². The Labute approximate surface area is 158 Å². The van der Waals surface area contributed by atoms with E-state index >= 15 is 0 Å². The summed E-state index contributed by atoms with van der Waals surface area (Å²) in [6.45, 7) is 3.12. The normalized spacial score (nSPS) is 21.3. The Morgan fingerprint density at radius 1 is 1.26 bits per heavy atom. The zero-order chi connectivity index (χ0) is 18.7. The van der Waals surface area contributed by atoms with Crippen molar-refractivity contribution in [3.63, 3.8) is 0 Å².